The Morgan fingerprint density at radius 2 is 1.38 bits per heavy atom. The number of rotatable bonds is 7. The molecule has 0 spiro atoms. The highest BCUT2D eigenvalue weighted by molar-refractivity contribution is 6.35. The Labute approximate surface area is 201 Å². The quantitative estimate of drug-likeness (QED) is 0.325. The monoisotopic (exact) mass is 504 g/mol. The van der Waals surface area contributed by atoms with Crippen LogP contribution in [0.1, 0.15) is 20.7 Å². The van der Waals surface area contributed by atoms with Crippen LogP contribution in [0, 0.1) is 20.2 Å². The highest BCUT2D eigenvalue weighted by Crippen LogP contribution is 2.30. The molecule has 0 bridgehead atoms. The maximum absolute atomic E-state index is 12.7. The fourth-order valence-corrected chi connectivity index (χ4v) is 3.20. The highest BCUT2D eigenvalue weighted by atomic mass is 35.5. The number of halogens is 2. The SMILES string of the molecule is COc1ccc(C(=O)Nc2cc(Cl)ccc2Cl)cc1NC(=O)c1cc([N+](=O)[O-])cc([N+](=O)[O-])c1. The number of non-ortho nitro benzene ring substituents is 2. The molecule has 174 valence electrons. The smallest absolute Gasteiger partial charge is 0.277 e. The van der Waals surface area contributed by atoms with Crippen LogP contribution in [0.5, 0.6) is 5.75 Å². The van der Waals surface area contributed by atoms with E-state index in [0.717, 1.165) is 18.2 Å². The fraction of sp³-hybridized carbons (Fsp3) is 0.0476. The third-order valence-electron chi connectivity index (χ3n) is 4.47. The van der Waals surface area contributed by atoms with Gasteiger partial charge in [-0.1, -0.05) is 23.2 Å². The minimum Gasteiger partial charge on any atom is -0.495 e. The van der Waals surface area contributed by atoms with Crippen LogP contribution >= 0.6 is 23.2 Å². The van der Waals surface area contributed by atoms with Gasteiger partial charge in [0.2, 0.25) is 0 Å². The van der Waals surface area contributed by atoms with Crippen molar-refractivity contribution in [2.45, 2.75) is 0 Å². The van der Waals surface area contributed by atoms with Crippen LogP contribution in [0.25, 0.3) is 0 Å². The molecule has 2 amide bonds. The van der Waals surface area contributed by atoms with Crippen molar-refractivity contribution < 1.29 is 24.2 Å². The summed E-state index contributed by atoms with van der Waals surface area (Å²) in [4.78, 5) is 45.9. The number of nitrogens with zero attached hydrogens (tertiary/aromatic N) is 2. The molecule has 3 aromatic rings. The number of hydrogen-bond donors (Lipinski definition) is 2. The van der Waals surface area contributed by atoms with Crippen LogP contribution < -0.4 is 15.4 Å². The Kier molecular flexibility index (Phi) is 7.29. The molecular formula is C21H14Cl2N4O7. The summed E-state index contributed by atoms with van der Waals surface area (Å²) in [6.45, 7) is 0. The summed E-state index contributed by atoms with van der Waals surface area (Å²) in [5.74, 6) is -1.29. The number of hydrogen-bond acceptors (Lipinski definition) is 7. The highest BCUT2D eigenvalue weighted by Gasteiger charge is 2.21. The van der Waals surface area contributed by atoms with Gasteiger partial charge in [-0.25, -0.2) is 0 Å². The van der Waals surface area contributed by atoms with Gasteiger partial charge in [0.15, 0.2) is 0 Å². The standard InChI is InChI=1S/C21H14Cl2N4O7/c1-34-19-5-2-11(20(28)24-17-9-13(22)3-4-16(17)23)8-18(19)25-21(29)12-6-14(26(30)31)10-15(7-12)27(32)33/h2-10H,1H3,(H,24,28)(H,25,29). The maximum Gasteiger partial charge on any atom is 0.277 e. The zero-order valence-electron chi connectivity index (χ0n) is 17.2. The second kappa shape index (κ2) is 10.1. The molecule has 0 aromatic heterocycles. The molecule has 3 rings (SSSR count). The van der Waals surface area contributed by atoms with Crippen molar-refractivity contribution in [2.75, 3.05) is 17.7 Å². The molecule has 13 heteroatoms. The molecular weight excluding hydrogens is 491 g/mol. The second-order valence-corrected chi connectivity index (χ2v) is 7.54. The molecule has 0 aliphatic rings. The van der Waals surface area contributed by atoms with Crippen molar-refractivity contribution in [3.8, 4) is 5.75 Å². The summed E-state index contributed by atoms with van der Waals surface area (Å²) in [5, 5.41) is 27.8. The number of carbonyl (C=O) groups is 2. The Hall–Kier alpha value is -4.22. The summed E-state index contributed by atoms with van der Waals surface area (Å²) >= 11 is 12.0. The molecule has 34 heavy (non-hydrogen) atoms. The molecule has 0 heterocycles. The van der Waals surface area contributed by atoms with E-state index in [4.69, 9.17) is 27.9 Å². The summed E-state index contributed by atoms with van der Waals surface area (Å²) in [6, 6.07) is 11.2. The minimum absolute atomic E-state index is 0.0477. The fourth-order valence-electron chi connectivity index (χ4n) is 2.87. The number of nitro groups is 2. The van der Waals surface area contributed by atoms with E-state index in [9.17, 15) is 29.8 Å². The largest absolute Gasteiger partial charge is 0.495 e. The number of carbonyl (C=O) groups excluding carboxylic acids is 2. The first-order valence-corrected chi connectivity index (χ1v) is 10.0. The molecule has 0 radical (unpaired) electrons. The lowest BCUT2D eigenvalue weighted by atomic mass is 10.1. The van der Waals surface area contributed by atoms with Gasteiger partial charge in [0.25, 0.3) is 23.2 Å². The van der Waals surface area contributed by atoms with E-state index in [1.165, 1.54) is 37.4 Å². The maximum atomic E-state index is 12.7. The second-order valence-electron chi connectivity index (χ2n) is 6.70. The van der Waals surface area contributed by atoms with Gasteiger partial charge in [-0.15, -0.1) is 0 Å². The van der Waals surface area contributed by atoms with Crippen molar-refractivity contribution in [1.29, 1.82) is 0 Å². The summed E-state index contributed by atoms with van der Waals surface area (Å²) < 4.78 is 5.19. The molecule has 0 atom stereocenters. The average Bonchev–Trinajstić information content (AvgIpc) is 2.80. The van der Waals surface area contributed by atoms with Crippen molar-refractivity contribution in [1.82, 2.24) is 0 Å². The first-order chi connectivity index (χ1) is 16.1. The summed E-state index contributed by atoms with van der Waals surface area (Å²) in [6.07, 6.45) is 0. The van der Waals surface area contributed by atoms with Gasteiger partial charge in [0, 0.05) is 22.7 Å². The van der Waals surface area contributed by atoms with Crippen LogP contribution in [-0.4, -0.2) is 28.8 Å². The van der Waals surface area contributed by atoms with Crippen molar-refractivity contribution in [3.05, 3.63) is 96.0 Å². The molecule has 0 saturated heterocycles. The third kappa shape index (κ3) is 5.57. The zero-order chi connectivity index (χ0) is 25.0. The molecule has 0 fully saturated rings. The normalized spacial score (nSPS) is 10.3. The van der Waals surface area contributed by atoms with Crippen molar-refractivity contribution >= 4 is 57.8 Å². The van der Waals surface area contributed by atoms with E-state index in [2.05, 4.69) is 10.6 Å². The number of methoxy groups -OCH3 is 1. The van der Waals surface area contributed by atoms with E-state index >= 15 is 0 Å². The van der Waals surface area contributed by atoms with Crippen LogP contribution in [0.3, 0.4) is 0 Å². The van der Waals surface area contributed by atoms with Gasteiger partial charge in [0.1, 0.15) is 5.75 Å². The van der Waals surface area contributed by atoms with Crippen molar-refractivity contribution in [2.24, 2.45) is 0 Å². The number of nitro benzene ring substituents is 2. The van der Waals surface area contributed by atoms with E-state index < -0.39 is 33.0 Å². The molecule has 2 N–H and O–H groups in total. The Bertz CT molecular complexity index is 1300. The lowest BCUT2D eigenvalue weighted by molar-refractivity contribution is -0.394. The van der Waals surface area contributed by atoms with Gasteiger partial charge in [-0.2, -0.15) is 0 Å². The van der Waals surface area contributed by atoms with E-state index in [1.54, 1.807) is 6.07 Å². The van der Waals surface area contributed by atoms with Crippen LogP contribution in [0.2, 0.25) is 10.0 Å². The van der Waals surface area contributed by atoms with Crippen LogP contribution in [0.15, 0.2) is 54.6 Å². The van der Waals surface area contributed by atoms with E-state index in [-0.39, 0.29) is 33.3 Å². The predicted molar refractivity (Wildman–Crippen MR) is 125 cm³/mol. The Morgan fingerprint density at radius 3 is 1.97 bits per heavy atom. The molecule has 11 nitrogen and oxygen atoms in total. The molecule has 0 saturated carbocycles. The van der Waals surface area contributed by atoms with Gasteiger partial charge in [0.05, 0.1) is 45.0 Å². The lowest BCUT2D eigenvalue weighted by Gasteiger charge is -2.13. The molecule has 0 aliphatic carbocycles. The van der Waals surface area contributed by atoms with Crippen LogP contribution in [-0.2, 0) is 0 Å². The topological polar surface area (TPSA) is 154 Å². The number of ether oxygens (including phenoxy) is 1. The number of nitrogens with one attached hydrogen (secondary N) is 2. The van der Waals surface area contributed by atoms with Crippen molar-refractivity contribution in [3.63, 3.8) is 0 Å². The summed E-state index contributed by atoms with van der Waals surface area (Å²) in [5.41, 5.74) is -1.16. The Morgan fingerprint density at radius 1 is 0.794 bits per heavy atom. The predicted octanol–water partition coefficient (Wildman–Crippen LogP) is 5.32. The lowest BCUT2D eigenvalue weighted by Crippen LogP contribution is -2.16. The molecule has 0 unspecified atom stereocenters. The average molecular weight is 505 g/mol. The van der Waals surface area contributed by atoms with Gasteiger partial charge in [-0.3, -0.25) is 29.8 Å². The number of benzene rings is 3. The van der Waals surface area contributed by atoms with Gasteiger partial charge in [-0.05, 0) is 36.4 Å². The van der Waals surface area contributed by atoms with E-state index in [0.29, 0.717) is 5.02 Å². The summed E-state index contributed by atoms with van der Waals surface area (Å²) in [7, 11) is 1.33. The minimum atomic E-state index is -0.888. The van der Waals surface area contributed by atoms with Gasteiger partial charge >= 0.3 is 0 Å². The molecule has 0 aliphatic heterocycles. The Balaban J connectivity index is 1.91. The van der Waals surface area contributed by atoms with Crippen LogP contribution in [0.4, 0.5) is 22.7 Å². The third-order valence-corrected chi connectivity index (χ3v) is 5.04. The first kappa shape index (κ1) is 24.4. The number of amides is 2. The van der Waals surface area contributed by atoms with E-state index in [1.807, 2.05) is 0 Å². The first-order valence-electron chi connectivity index (χ1n) is 9.28. The van der Waals surface area contributed by atoms with Gasteiger partial charge < -0.3 is 15.4 Å². The molecule has 3 aromatic carbocycles. The number of anilines is 2. The zero-order valence-corrected chi connectivity index (χ0v) is 18.7.